The van der Waals surface area contributed by atoms with E-state index < -0.39 is 17.7 Å². The molecule has 0 radical (unpaired) electrons. The number of carbonyl (C=O) groups excluding carboxylic acids is 2. The standard InChI is InChI=1S/C16H22FN3O5/c1-2-23-14(21)13-3-12(25-20-13)8-24-15(22)19-9-16(17)4-10-6-18-7-11(10)5-16/h3,10-11,18H,2,4-9H2,1H3,(H,19,22)/t10-,11+,16?. The topological polar surface area (TPSA) is 103 Å². The maximum Gasteiger partial charge on any atom is 0.407 e. The van der Waals surface area contributed by atoms with Gasteiger partial charge in [0.05, 0.1) is 13.2 Å². The largest absolute Gasteiger partial charge is 0.461 e. The number of rotatable bonds is 6. The summed E-state index contributed by atoms with van der Waals surface area (Å²) >= 11 is 0. The smallest absolute Gasteiger partial charge is 0.407 e. The van der Waals surface area contributed by atoms with Crippen LogP contribution in [-0.2, 0) is 16.1 Å². The van der Waals surface area contributed by atoms with Crippen LogP contribution in [0.4, 0.5) is 9.18 Å². The summed E-state index contributed by atoms with van der Waals surface area (Å²) in [6, 6.07) is 1.34. The van der Waals surface area contributed by atoms with Gasteiger partial charge in [-0.25, -0.2) is 14.0 Å². The van der Waals surface area contributed by atoms with Gasteiger partial charge < -0.3 is 24.6 Å². The fourth-order valence-corrected chi connectivity index (χ4v) is 3.53. The van der Waals surface area contributed by atoms with Crippen molar-refractivity contribution in [2.24, 2.45) is 11.8 Å². The summed E-state index contributed by atoms with van der Waals surface area (Å²) in [5.41, 5.74) is -1.37. The van der Waals surface area contributed by atoms with Gasteiger partial charge in [0.15, 0.2) is 18.1 Å². The number of alkyl halides is 1. The first-order chi connectivity index (χ1) is 12.0. The number of carbonyl (C=O) groups is 2. The fourth-order valence-electron chi connectivity index (χ4n) is 3.53. The number of halogens is 1. The van der Waals surface area contributed by atoms with E-state index in [0.29, 0.717) is 24.7 Å². The highest BCUT2D eigenvalue weighted by molar-refractivity contribution is 5.87. The number of alkyl carbamates (subject to hydrolysis) is 1. The summed E-state index contributed by atoms with van der Waals surface area (Å²) < 4.78 is 29.4. The van der Waals surface area contributed by atoms with Crippen LogP contribution in [0.3, 0.4) is 0 Å². The molecule has 1 saturated heterocycles. The lowest BCUT2D eigenvalue weighted by Gasteiger charge is -2.20. The third-order valence-corrected chi connectivity index (χ3v) is 4.67. The number of fused-ring (bicyclic) bond motifs is 1. The molecule has 3 atom stereocenters. The SMILES string of the molecule is CCOC(=O)c1cc(COC(=O)NCC2(F)C[C@H]3CNC[C@H]3C2)on1. The molecule has 0 bridgehead atoms. The highest BCUT2D eigenvalue weighted by atomic mass is 19.1. The van der Waals surface area contributed by atoms with Crippen LogP contribution in [0.2, 0.25) is 0 Å². The average Bonchev–Trinajstić information content (AvgIpc) is 3.26. The van der Waals surface area contributed by atoms with Crippen molar-refractivity contribution >= 4 is 12.1 Å². The Kier molecular flexibility index (Phi) is 5.22. The summed E-state index contributed by atoms with van der Waals surface area (Å²) in [5.74, 6) is 0.286. The highest BCUT2D eigenvalue weighted by Gasteiger charge is 2.47. The predicted molar refractivity (Wildman–Crippen MR) is 83.6 cm³/mol. The van der Waals surface area contributed by atoms with Crippen LogP contribution in [0.15, 0.2) is 10.6 Å². The van der Waals surface area contributed by atoms with Crippen molar-refractivity contribution in [3.63, 3.8) is 0 Å². The zero-order valence-corrected chi connectivity index (χ0v) is 14.0. The van der Waals surface area contributed by atoms with Crippen LogP contribution in [0, 0.1) is 11.8 Å². The van der Waals surface area contributed by atoms with Crippen molar-refractivity contribution in [2.45, 2.75) is 32.0 Å². The Bertz CT molecular complexity index is 623. The Morgan fingerprint density at radius 3 is 2.80 bits per heavy atom. The highest BCUT2D eigenvalue weighted by Crippen LogP contribution is 2.43. The second-order valence-corrected chi connectivity index (χ2v) is 6.57. The van der Waals surface area contributed by atoms with Crippen LogP contribution in [0.5, 0.6) is 0 Å². The Morgan fingerprint density at radius 2 is 2.12 bits per heavy atom. The van der Waals surface area contributed by atoms with E-state index in [-0.39, 0.29) is 31.2 Å². The van der Waals surface area contributed by atoms with E-state index in [2.05, 4.69) is 15.8 Å². The molecule has 1 aromatic rings. The number of nitrogens with one attached hydrogen (secondary N) is 2. The number of ether oxygens (including phenoxy) is 2. The first kappa shape index (κ1) is 17.7. The molecule has 1 saturated carbocycles. The minimum atomic E-state index is -1.38. The van der Waals surface area contributed by atoms with E-state index in [1.54, 1.807) is 6.92 Å². The molecule has 8 nitrogen and oxygen atoms in total. The molecule has 0 spiro atoms. The van der Waals surface area contributed by atoms with Crippen LogP contribution >= 0.6 is 0 Å². The van der Waals surface area contributed by atoms with Gasteiger partial charge >= 0.3 is 12.1 Å². The van der Waals surface area contributed by atoms with Crippen molar-refractivity contribution < 1.29 is 28.0 Å². The zero-order chi connectivity index (χ0) is 17.9. The average molecular weight is 355 g/mol. The van der Waals surface area contributed by atoms with Crippen molar-refractivity contribution in [3.05, 3.63) is 17.5 Å². The Balaban J connectivity index is 1.40. The number of hydrogen-bond acceptors (Lipinski definition) is 7. The number of hydrogen-bond donors (Lipinski definition) is 2. The number of esters is 1. The molecule has 1 aliphatic carbocycles. The van der Waals surface area contributed by atoms with E-state index in [1.165, 1.54) is 6.07 Å². The maximum atomic E-state index is 14.7. The lowest BCUT2D eigenvalue weighted by atomic mass is 10.0. The molecular weight excluding hydrogens is 333 g/mol. The van der Waals surface area contributed by atoms with E-state index in [0.717, 1.165) is 13.1 Å². The van der Waals surface area contributed by atoms with Gasteiger partial charge in [-0.3, -0.25) is 0 Å². The van der Waals surface area contributed by atoms with Crippen molar-refractivity contribution in [1.82, 2.24) is 15.8 Å². The molecule has 1 amide bonds. The molecule has 2 N–H and O–H groups in total. The van der Waals surface area contributed by atoms with Gasteiger partial charge in [0.2, 0.25) is 0 Å². The third kappa shape index (κ3) is 4.28. The van der Waals surface area contributed by atoms with Crippen molar-refractivity contribution in [2.75, 3.05) is 26.2 Å². The van der Waals surface area contributed by atoms with Gasteiger partial charge in [-0.15, -0.1) is 0 Å². The second kappa shape index (κ2) is 7.38. The zero-order valence-electron chi connectivity index (χ0n) is 14.0. The molecule has 1 unspecified atom stereocenters. The van der Waals surface area contributed by atoms with Gasteiger partial charge in [-0.2, -0.15) is 0 Å². The Morgan fingerprint density at radius 1 is 1.40 bits per heavy atom. The van der Waals surface area contributed by atoms with Gasteiger partial charge in [0.25, 0.3) is 0 Å². The minimum Gasteiger partial charge on any atom is -0.461 e. The second-order valence-electron chi connectivity index (χ2n) is 6.57. The van der Waals surface area contributed by atoms with E-state index >= 15 is 0 Å². The monoisotopic (exact) mass is 355 g/mol. The van der Waals surface area contributed by atoms with Crippen LogP contribution < -0.4 is 10.6 Å². The summed E-state index contributed by atoms with van der Waals surface area (Å²) in [5, 5.41) is 9.26. The van der Waals surface area contributed by atoms with Crippen LogP contribution in [0.1, 0.15) is 36.0 Å². The molecular formula is C16H22FN3O5. The normalized spacial score (nSPS) is 27.8. The van der Waals surface area contributed by atoms with Gasteiger partial charge in [0.1, 0.15) is 5.67 Å². The fraction of sp³-hybridized carbons (Fsp3) is 0.688. The quantitative estimate of drug-likeness (QED) is 0.744. The van der Waals surface area contributed by atoms with Crippen molar-refractivity contribution in [3.8, 4) is 0 Å². The predicted octanol–water partition coefficient (Wildman–Crippen LogP) is 1.42. The van der Waals surface area contributed by atoms with E-state index in [9.17, 15) is 14.0 Å². The molecule has 2 heterocycles. The maximum absolute atomic E-state index is 14.7. The van der Waals surface area contributed by atoms with Crippen molar-refractivity contribution in [1.29, 1.82) is 0 Å². The number of aromatic nitrogens is 1. The van der Waals surface area contributed by atoms with Gasteiger partial charge in [-0.1, -0.05) is 5.16 Å². The summed E-state index contributed by atoms with van der Waals surface area (Å²) in [6.45, 7) is 3.32. The summed E-state index contributed by atoms with van der Waals surface area (Å²) in [6.07, 6.45) is 0.174. The first-order valence-corrected chi connectivity index (χ1v) is 8.42. The number of nitrogens with zero attached hydrogens (tertiary/aromatic N) is 1. The molecule has 9 heteroatoms. The molecule has 2 aliphatic rings. The first-order valence-electron chi connectivity index (χ1n) is 8.42. The molecule has 0 aromatic carbocycles. The molecule has 138 valence electrons. The molecule has 2 fully saturated rings. The Hall–Kier alpha value is -2.16. The summed E-state index contributed by atoms with van der Waals surface area (Å²) in [4.78, 5) is 23.2. The van der Waals surface area contributed by atoms with Gasteiger partial charge in [0, 0.05) is 6.07 Å². The molecule has 1 aliphatic heterocycles. The molecule has 3 rings (SSSR count). The van der Waals surface area contributed by atoms with Gasteiger partial charge in [-0.05, 0) is 44.7 Å². The minimum absolute atomic E-state index is 0.00896. The Labute approximate surface area is 144 Å². The third-order valence-electron chi connectivity index (χ3n) is 4.67. The van der Waals surface area contributed by atoms with E-state index in [4.69, 9.17) is 14.0 Å². The summed E-state index contributed by atoms with van der Waals surface area (Å²) in [7, 11) is 0. The number of amides is 1. The van der Waals surface area contributed by atoms with Crippen LogP contribution in [-0.4, -0.2) is 49.1 Å². The lowest BCUT2D eigenvalue weighted by molar-refractivity contribution is 0.0514. The van der Waals surface area contributed by atoms with E-state index in [1.807, 2.05) is 0 Å². The molecule has 25 heavy (non-hydrogen) atoms. The lowest BCUT2D eigenvalue weighted by Crippen LogP contribution is -2.39. The molecule has 1 aromatic heterocycles. The van der Waals surface area contributed by atoms with Crippen LogP contribution in [0.25, 0.3) is 0 Å².